The maximum Gasteiger partial charge on any atom is 0.303 e. The molecule has 0 atom stereocenters. The smallest absolute Gasteiger partial charge is 0.303 e. The third-order valence-corrected chi connectivity index (χ3v) is 3.36. The summed E-state index contributed by atoms with van der Waals surface area (Å²) in [7, 11) is 6.34. The summed E-state index contributed by atoms with van der Waals surface area (Å²) < 4.78 is 2.21. The largest absolute Gasteiger partial charge is 0.481 e. The van der Waals surface area contributed by atoms with E-state index in [9.17, 15) is 9.59 Å². The molecular weight excluding hydrogens is 296 g/mol. The van der Waals surface area contributed by atoms with Crippen LogP contribution in [0.15, 0.2) is 30.5 Å². The van der Waals surface area contributed by atoms with Crippen LogP contribution in [0.3, 0.4) is 0 Å². The van der Waals surface area contributed by atoms with Gasteiger partial charge in [0, 0.05) is 30.7 Å². The molecule has 2 aromatic rings. The maximum absolute atomic E-state index is 9.64. The van der Waals surface area contributed by atoms with Gasteiger partial charge in [-0.1, -0.05) is 18.2 Å². The fourth-order valence-electron chi connectivity index (χ4n) is 2.18. The summed E-state index contributed by atoms with van der Waals surface area (Å²) in [5.74, 6) is -2.15. The molecule has 0 amide bonds. The molecule has 126 valence electrons. The van der Waals surface area contributed by atoms with E-state index in [0.29, 0.717) is 0 Å². The minimum absolute atomic E-state index is 0.296. The van der Waals surface area contributed by atoms with Crippen molar-refractivity contribution in [2.24, 2.45) is 7.05 Å². The lowest BCUT2D eigenvalue weighted by Crippen LogP contribution is -2.14. The average molecular weight is 320 g/mol. The number of aromatic nitrogens is 1. The van der Waals surface area contributed by atoms with E-state index in [1.807, 2.05) is 0 Å². The van der Waals surface area contributed by atoms with E-state index in [1.54, 1.807) is 0 Å². The van der Waals surface area contributed by atoms with Gasteiger partial charge in [0.05, 0.1) is 12.8 Å². The van der Waals surface area contributed by atoms with Crippen LogP contribution in [0.4, 0.5) is 0 Å². The van der Waals surface area contributed by atoms with Gasteiger partial charge in [0.1, 0.15) is 0 Å². The number of aliphatic carboxylic acids is 2. The first kappa shape index (κ1) is 18.7. The number of likely N-dealkylation sites (N-methyl/N-ethyl adjacent to an activating group) is 1. The van der Waals surface area contributed by atoms with Crippen LogP contribution >= 0.6 is 0 Å². The van der Waals surface area contributed by atoms with Crippen LogP contribution in [0, 0.1) is 0 Å². The lowest BCUT2D eigenvalue weighted by Gasteiger charge is -2.07. The van der Waals surface area contributed by atoms with Crippen LogP contribution in [0.25, 0.3) is 10.9 Å². The Bertz CT molecular complexity index is 648. The second kappa shape index (κ2) is 8.95. The fraction of sp³-hybridized carbons (Fsp3) is 0.412. The van der Waals surface area contributed by atoms with E-state index in [2.05, 4.69) is 61.1 Å². The highest BCUT2D eigenvalue weighted by Gasteiger charge is 2.05. The molecule has 0 aliphatic carbocycles. The molecule has 2 rings (SSSR count). The van der Waals surface area contributed by atoms with E-state index < -0.39 is 11.9 Å². The Kier molecular flexibility index (Phi) is 7.28. The molecule has 1 aromatic carbocycles. The highest BCUT2D eigenvalue weighted by molar-refractivity contribution is 5.83. The molecule has 2 N–H and O–H groups in total. The molecule has 6 heteroatoms. The Labute approximate surface area is 135 Å². The number of carboxylic acid groups (broad SMARTS) is 2. The van der Waals surface area contributed by atoms with E-state index in [-0.39, 0.29) is 12.8 Å². The summed E-state index contributed by atoms with van der Waals surface area (Å²) in [6.45, 7) is 1.11. The second-order valence-electron chi connectivity index (χ2n) is 5.62. The van der Waals surface area contributed by atoms with Gasteiger partial charge in [-0.2, -0.15) is 0 Å². The number of aryl methyl sites for hydroxylation is 1. The molecule has 0 aliphatic heterocycles. The third-order valence-electron chi connectivity index (χ3n) is 3.36. The molecule has 0 radical (unpaired) electrons. The topological polar surface area (TPSA) is 82.8 Å². The number of nitrogens with zero attached hydrogens (tertiary/aromatic N) is 2. The fourth-order valence-corrected chi connectivity index (χ4v) is 2.18. The van der Waals surface area contributed by atoms with Gasteiger partial charge < -0.3 is 19.7 Å². The number of rotatable bonds is 6. The molecule has 0 unspecified atom stereocenters. The number of hydrogen-bond donors (Lipinski definition) is 2. The minimum Gasteiger partial charge on any atom is -0.481 e. The van der Waals surface area contributed by atoms with Gasteiger partial charge in [-0.05, 0) is 32.1 Å². The molecule has 1 heterocycles. The molecule has 0 fully saturated rings. The van der Waals surface area contributed by atoms with Crippen LogP contribution in [0.5, 0.6) is 0 Å². The zero-order chi connectivity index (χ0) is 17.4. The van der Waals surface area contributed by atoms with Crippen LogP contribution in [-0.2, 0) is 23.1 Å². The van der Waals surface area contributed by atoms with Crippen LogP contribution in [-0.4, -0.2) is 52.3 Å². The van der Waals surface area contributed by atoms with Gasteiger partial charge >= 0.3 is 11.9 Å². The third kappa shape index (κ3) is 6.52. The number of para-hydroxylation sites is 1. The van der Waals surface area contributed by atoms with Crippen molar-refractivity contribution in [1.29, 1.82) is 0 Å². The summed E-state index contributed by atoms with van der Waals surface area (Å²) in [6.07, 6.45) is 2.77. The van der Waals surface area contributed by atoms with E-state index >= 15 is 0 Å². The molecule has 0 saturated carbocycles. The number of benzene rings is 1. The Hall–Kier alpha value is -2.34. The molecule has 0 saturated heterocycles. The average Bonchev–Trinajstić information content (AvgIpc) is 2.81. The zero-order valence-corrected chi connectivity index (χ0v) is 13.8. The van der Waals surface area contributed by atoms with Crippen molar-refractivity contribution < 1.29 is 19.8 Å². The highest BCUT2D eigenvalue weighted by Crippen LogP contribution is 2.20. The van der Waals surface area contributed by atoms with Crippen LogP contribution in [0.2, 0.25) is 0 Å². The standard InChI is InChI=1S/C13H18N2.C4H6O4/c1-14(2)9-8-11-10-15(3)13-7-5-4-6-12(11)13;5-3(6)1-2-4(7)8/h4-7,10H,8-9H2,1-3H3;1-2H2,(H,5,6)(H,7,8). The van der Waals surface area contributed by atoms with Crippen molar-refractivity contribution >= 4 is 22.8 Å². The first-order chi connectivity index (χ1) is 10.8. The molecular formula is C17H24N2O4. The van der Waals surface area contributed by atoms with E-state index in [1.165, 1.54) is 16.5 Å². The zero-order valence-electron chi connectivity index (χ0n) is 13.8. The predicted molar refractivity (Wildman–Crippen MR) is 89.7 cm³/mol. The van der Waals surface area contributed by atoms with Crippen molar-refractivity contribution in [2.75, 3.05) is 20.6 Å². The predicted octanol–water partition coefficient (Wildman–Crippen LogP) is 2.22. The van der Waals surface area contributed by atoms with Crippen LogP contribution < -0.4 is 0 Å². The number of hydrogen-bond acceptors (Lipinski definition) is 3. The van der Waals surface area contributed by atoms with Gasteiger partial charge in [-0.3, -0.25) is 9.59 Å². The molecule has 0 spiro atoms. The molecule has 0 aliphatic rings. The summed E-state index contributed by atoms with van der Waals surface area (Å²) in [4.78, 5) is 21.5. The molecule has 0 bridgehead atoms. The minimum atomic E-state index is -1.08. The Morgan fingerprint density at radius 2 is 1.65 bits per heavy atom. The lowest BCUT2D eigenvalue weighted by molar-refractivity contribution is -0.143. The first-order valence-corrected chi connectivity index (χ1v) is 7.42. The first-order valence-electron chi connectivity index (χ1n) is 7.42. The van der Waals surface area contributed by atoms with Gasteiger partial charge in [0.25, 0.3) is 0 Å². The Balaban J connectivity index is 0.000000284. The van der Waals surface area contributed by atoms with Gasteiger partial charge in [0.2, 0.25) is 0 Å². The molecule has 6 nitrogen and oxygen atoms in total. The number of carbonyl (C=O) groups is 2. The summed E-state index contributed by atoms with van der Waals surface area (Å²) in [6, 6.07) is 8.59. The lowest BCUT2D eigenvalue weighted by atomic mass is 10.1. The normalized spacial score (nSPS) is 10.4. The molecule has 1 aromatic heterocycles. The van der Waals surface area contributed by atoms with Crippen molar-refractivity contribution in [1.82, 2.24) is 9.47 Å². The quantitative estimate of drug-likeness (QED) is 0.853. The Morgan fingerprint density at radius 1 is 1.09 bits per heavy atom. The summed E-state index contributed by atoms with van der Waals surface area (Å²) in [5, 5.41) is 17.2. The van der Waals surface area contributed by atoms with Gasteiger partial charge in [-0.25, -0.2) is 0 Å². The number of carboxylic acids is 2. The van der Waals surface area contributed by atoms with Crippen LogP contribution in [0.1, 0.15) is 18.4 Å². The van der Waals surface area contributed by atoms with Gasteiger partial charge in [0.15, 0.2) is 0 Å². The SMILES string of the molecule is CN(C)CCc1cn(C)c2ccccc12.O=C(O)CCC(=O)O. The van der Waals surface area contributed by atoms with E-state index in [4.69, 9.17) is 10.2 Å². The van der Waals surface area contributed by atoms with E-state index in [0.717, 1.165) is 13.0 Å². The Morgan fingerprint density at radius 3 is 2.17 bits per heavy atom. The van der Waals surface area contributed by atoms with Crippen molar-refractivity contribution in [3.05, 3.63) is 36.0 Å². The summed E-state index contributed by atoms with van der Waals surface area (Å²) >= 11 is 0. The monoisotopic (exact) mass is 320 g/mol. The highest BCUT2D eigenvalue weighted by atomic mass is 16.4. The van der Waals surface area contributed by atoms with Crippen molar-refractivity contribution in [3.63, 3.8) is 0 Å². The van der Waals surface area contributed by atoms with Gasteiger partial charge in [-0.15, -0.1) is 0 Å². The maximum atomic E-state index is 9.64. The van der Waals surface area contributed by atoms with Crippen molar-refractivity contribution in [3.8, 4) is 0 Å². The molecule has 23 heavy (non-hydrogen) atoms. The number of fused-ring (bicyclic) bond motifs is 1. The van der Waals surface area contributed by atoms with Crippen molar-refractivity contribution in [2.45, 2.75) is 19.3 Å². The summed E-state index contributed by atoms with van der Waals surface area (Å²) in [5.41, 5.74) is 2.77. The second-order valence-corrected chi connectivity index (χ2v) is 5.62.